The molecule has 0 aromatic rings. The van der Waals surface area contributed by atoms with Crippen LogP contribution in [0.15, 0.2) is 24.3 Å². The van der Waals surface area contributed by atoms with E-state index in [2.05, 4.69) is 13.2 Å². The van der Waals surface area contributed by atoms with Gasteiger partial charge in [0.1, 0.15) is 30.5 Å². The molecule has 1 N–H and O–H groups in total. The monoisotopic (exact) mass is 540 g/mol. The van der Waals surface area contributed by atoms with Crippen molar-refractivity contribution in [3.05, 3.63) is 24.3 Å². The summed E-state index contributed by atoms with van der Waals surface area (Å²) in [7, 11) is 0. The molecule has 0 unspecified atom stereocenters. The van der Waals surface area contributed by atoms with Gasteiger partial charge >= 0.3 is 23.9 Å². The summed E-state index contributed by atoms with van der Waals surface area (Å²) in [6, 6.07) is 0. The van der Waals surface area contributed by atoms with Crippen LogP contribution in [0.1, 0.15) is 47.5 Å². The van der Waals surface area contributed by atoms with Crippen LogP contribution in [-0.4, -0.2) is 76.6 Å². The van der Waals surface area contributed by atoms with Crippen LogP contribution in [0, 0.1) is 17.3 Å². The largest absolute Gasteiger partial charge is 0.462 e. The van der Waals surface area contributed by atoms with Crippen molar-refractivity contribution in [2.45, 2.75) is 95.1 Å². The van der Waals surface area contributed by atoms with Gasteiger partial charge in [0.25, 0.3) is 0 Å². The highest BCUT2D eigenvalue weighted by molar-refractivity contribution is 6.23. The number of carbonyl (C=O) groups excluding carboxylic acids is 4. The maximum absolute atomic E-state index is 13.0. The fraction of sp³-hybridized carbons (Fsp3) is 0.692. The Labute approximate surface area is 220 Å². The van der Waals surface area contributed by atoms with Crippen molar-refractivity contribution in [3.8, 4) is 0 Å². The van der Waals surface area contributed by atoms with E-state index >= 15 is 0 Å². The zero-order valence-corrected chi connectivity index (χ0v) is 22.3. The Morgan fingerprint density at radius 3 is 2.19 bits per heavy atom. The summed E-state index contributed by atoms with van der Waals surface area (Å²) in [4.78, 5) is 50.1. The molecular formula is C26H33ClO10. The molecule has 1 aliphatic carbocycles. The Hall–Kier alpha value is -2.43. The number of hydrogen-bond donors (Lipinski definition) is 1. The van der Waals surface area contributed by atoms with Crippen LogP contribution < -0.4 is 0 Å². The summed E-state index contributed by atoms with van der Waals surface area (Å²) >= 11 is 6.78. The molecule has 3 aliphatic heterocycles. The standard InChI is InChI=1S/C26H33ClO10/c1-10-8-9-16(33-13(4)28)25(7)17(10)21(34-14(5)29)26-12(3)24(32)36-22(26)18(27)11(2)20(37-26)19(31)23(25)35-15(6)30/h12,16-23,31H,1-2,8-9H2,3-7H3/t12-,16-,17+,18-,19+,20-,21-,22-,23-,25-,26+/m0/s1. The Kier molecular flexibility index (Phi) is 7.01. The quantitative estimate of drug-likeness (QED) is 0.245. The Morgan fingerprint density at radius 1 is 1.05 bits per heavy atom. The van der Waals surface area contributed by atoms with Crippen LogP contribution >= 0.6 is 11.6 Å². The minimum absolute atomic E-state index is 0.205. The van der Waals surface area contributed by atoms with Crippen LogP contribution in [0.25, 0.3) is 0 Å². The first-order valence-electron chi connectivity index (χ1n) is 12.3. The van der Waals surface area contributed by atoms with Gasteiger partial charge in [0.15, 0.2) is 11.7 Å². The molecule has 11 atom stereocenters. The maximum atomic E-state index is 13.0. The van der Waals surface area contributed by atoms with Crippen molar-refractivity contribution in [2.75, 3.05) is 0 Å². The van der Waals surface area contributed by atoms with E-state index in [1.807, 2.05) is 0 Å². The first kappa shape index (κ1) is 27.6. The molecule has 2 bridgehead atoms. The molecule has 204 valence electrons. The fourth-order valence-electron chi connectivity index (χ4n) is 6.83. The van der Waals surface area contributed by atoms with Crippen LogP contribution in [0.3, 0.4) is 0 Å². The zero-order chi connectivity index (χ0) is 27.6. The number of halogens is 1. The molecule has 3 heterocycles. The van der Waals surface area contributed by atoms with Crippen molar-refractivity contribution in [2.24, 2.45) is 17.3 Å². The SMILES string of the molecule is C=C1CC[C@H](OC(C)=O)[C@@]2(C)[C@H]1[C@H](OC(C)=O)[C@@]13O[C@@H](C(=C)[C@H](Cl)[C@@H]1OC(=O)[C@@H]3C)[C@@H](O)[C@@H]2OC(C)=O. The van der Waals surface area contributed by atoms with Crippen molar-refractivity contribution in [3.63, 3.8) is 0 Å². The average Bonchev–Trinajstić information content (AvgIpc) is 3.05. The van der Waals surface area contributed by atoms with E-state index in [0.717, 1.165) is 0 Å². The number of alkyl halides is 1. The van der Waals surface area contributed by atoms with Gasteiger partial charge in [-0.15, -0.1) is 11.6 Å². The average molecular weight is 541 g/mol. The Balaban J connectivity index is 2.06. The first-order chi connectivity index (χ1) is 17.2. The Bertz CT molecular complexity index is 1060. The highest BCUT2D eigenvalue weighted by Crippen LogP contribution is 2.60. The van der Waals surface area contributed by atoms with Gasteiger partial charge < -0.3 is 28.8 Å². The number of esters is 4. The van der Waals surface area contributed by atoms with Gasteiger partial charge in [-0.1, -0.05) is 25.7 Å². The number of carbonyl (C=O) groups is 4. The number of aliphatic hydroxyl groups excluding tert-OH is 1. The molecule has 11 heteroatoms. The van der Waals surface area contributed by atoms with Crippen molar-refractivity contribution in [1.82, 2.24) is 0 Å². The molecular weight excluding hydrogens is 508 g/mol. The second-order valence-electron chi connectivity index (χ2n) is 10.6. The molecule has 0 aromatic heterocycles. The van der Waals surface area contributed by atoms with Gasteiger partial charge in [-0.25, -0.2) is 0 Å². The molecule has 1 saturated carbocycles. The van der Waals surface area contributed by atoms with Crippen LogP contribution in [0.5, 0.6) is 0 Å². The third-order valence-corrected chi connectivity index (χ3v) is 8.95. The maximum Gasteiger partial charge on any atom is 0.312 e. The molecule has 4 rings (SSSR count). The van der Waals surface area contributed by atoms with Gasteiger partial charge in [-0.3, -0.25) is 19.2 Å². The Morgan fingerprint density at radius 2 is 1.62 bits per heavy atom. The summed E-state index contributed by atoms with van der Waals surface area (Å²) in [5, 5.41) is 10.8. The van der Waals surface area contributed by atoms with Gasteiger partial charge in [0.05, 0.1) is 16.7 Å². The minimum Gasteiger partial charge on any atom is -0.462 e. The van der Waals surface area contributed by atoms with Gasteiger partial charge in [0, 0.05) is 26.7 Å². The first-order valence-corrected chi connectivity index (χ1v) is 12.7. The summed E-state index contributed by atoms with van der Waals surface area (Å²) in [5.74, 6) is -4.44. The molecule has 0 amide bonds. The summed E-state index contributed by atoms with van der Waals surface area (Å²) < 4.78 is 29.6. The van der Waals surface area contributed by atoms with Crippen molar-refractivity contribution in [1.29, 1.82) is 0 Å². The number of aliphatic hydroxyl groups is 1. The van der Waals surface area contributed by atoms with Crippen LogP contribution in [0.4, 0.5) is 0 Å². The highest BCUT2D eigenvalue weighted by atomic mass is 35.5. The number of ether oxygens (including phenoxy) is 5. The van der Waals surface area contributed by atoms with E-state index in [4.69, 9.17) is 35.3 Å². The van der Waals surface area contributed by atoms with Crippen LogP contribution in [-0.2, 0) is 42.9 Å². The lowest BCUT2D eigenvalue weighted by atomic mass is 9.53. The molecule has 0 radical (unpaired) electrons. The predicted octanol–water partition coefficient (Wildman–Crippen LogP) is 1.99. The van der Waals surface area contributed by atoms with Crippen LogP contribution in [0.2, 0.25) is 0 Å². The fourth-order valence-corrected chi connectivity index (χ4v) is 7.20. The molecule has 37 heavy (non-hydrogen) atoms. The van der Waals surface area contributed by atoms with E-state index in [9.17, 15) is 24.3 Å². The smallest absolute Gasteiger partial charge is 0.312 e. The van der Waals surface area contributed by atoms with Gasteiger partial charge in [-0.2, -0.15) is 0 Å². The molecule has 1 spiro atoms. The lowest BCUT2D eigenvalue weighted by molar-refractivity contribution is -0.292. The summed E-state index contributed by atoms with van der Waals surface area (Å²) in [6.07, 6.45) is -6.61. The predicted molar refractivity (Wildman–Crippen MR) is 128 cm³/mol. The molecule has 4 fully saturated rings. The van der Waals surface area contributed by atoms with E-state index in [1.54, 1.807) is 13.8 Å². The zero-order valence-electron chi connectivity index (χ0n) is 21.5. The third kappa shape index (κ3) is 3.99. The van der Waals surface area contributed by atoms with Gasteiger partial charge in [-0.05, 0) is 25.3 Å². The second kappa shape index (κ2) is 9.39. The third-order valence-electron chi connectivity index (χ3n) is 8.44. The minimum atomic E-state index is -1.64. The molecule has 3 saturated heterocycles. The summed E-state index contributed by atoms with van der Waals surface area (Å²) in [5.41, 5.74) is -2.22. The topological polar surface area (TPSA) is 135 Å². The lowest BCUT2D eigenvalue weighted by Gasteiger charge is -2.61. The normalized spacial score (nSPS) is 44.9. The second-order valence-corrected chi connectivity index (χ2v) is 11.1. The summed E-state index contributed by atoms with van der Waals surface area (Å²) in [6.45, 7) is 15.2. The molecule has 0 aromatic carbocycles. The van der Waals surface area contributed by atoms with Crippen molar-refractivity contribution >= 4 is 35.5 Å². The molecule has 4 aliphatic rings. The number of fused-ring (bicyclic) bond motifs is 2. The van der Waals surface area contributed by atoms with E-state index in [1.165, 1.54) is 20.8 Å². The van der Waals surface area contributed by atoms with Crippen molar-refractivity contribution < 1.29 is 48.0 Å². The van der Waals surface area contributed by atoms with E-state index in [0.29, 0.717) is 18.4 Å². The highest BCUT2D eigenvalue weighted by Gasteiger charge is 2.75. The van der Waals surface area contributed by atoms with Gasteiger partial charge in [0.2, 0.25) is 0 Å². The van der Waals surface area contributed by atoms with E-state index < -0.39 is 88.7 Å². The lowest BCUT2D eigenvalue weighted by Crippen LogP contribution is -2.75. The molecule has 10 nitrogen and oxygen atoms in total. The van der Waals surface area contributed by atoms with E-state index in [-0.39, 0.29) is 5.57 Å². The number of rotatable bonds is 3. The number of hydrogen-bond acceptors (Lipinski definition) is 10.